The highest BCUT2D eigenvalue weighted by atomic mass is 32.1. The molecule has 6 heteroatoms. The van der Waals surface area contributed by atoms with E-state index < -0.39 is 0 Å². The Labute approximate surface area is 144 Å². The zero-order chi connectivity index (χ0) is 16.4. The number of nitrogens with zero attached hydrogens (tertiary/aromatic N) is 2. The SMILES string of the molecule is CN(Cc1cccs1)C(=O)[C@H]1CCC(=O)N(C)[C@@H]1c1cccs1. The third-order valence-electron chi connectivity index (χ3n) is 4.36. The Bertz CT molecular complexity index is 667. The number of carbonyl (C=O) groups excluding carboxylic acids is 2. The molecule has 0 aliphatic carbocycles. The summed E-state index contributed by atoms with van der Waals surface area (Å²) in [6, 6.07) is 7.89. The van der Waals surface area contributed by atoms with Crippen molar-refractivity contribution in [2.24, 2.45) is 5.92 Å². The van der Waals surface area contributed by atoms with Crippen molar-refractivity contribution in [2.75, 3.05) is 14.1 Å². The van der Waals surface area contributed by atoms with Crippen LogP contribution in [0.3, 0.4) is 0 Å². The fourth-order valence-electron chi connectivity index (χ4n) is 3.14. The van der Waals surface area contributed by atoms with Gasteiger partial charge in [0.1, 0.15) is 0 Å². The first-order valence-electron chi connectivity index (χ1n) is 7.64. The van der Waals surface area contributed by atoms with E-state index in [-0.39, 0.29) is 23.8 Å². The minimum absolute atomic E-state index is 0.119. The van der Waals surface area contributed by atoms with Gasteiger partial charge in [0, 0.05) is 30.3 Å². The molecule has 0 N–H and O–H groups in total. The van der Waals surface area contributed by atoms with E-state index in [2.05, 4.69) is 0 Å². The van der Waals surface area contributed by atoms with E-state index in [9.17, 15) is 9.59 Å². The van der Waals surface area contributed by atoms with Crippen molar-refractivity contribution in [3.63, 3.8) is 0 Å². The van der Waals surface area contributed by atoms with Crippen molar-refractivity contribution in [1.82, 2.24) is 9.80 Å². The maximum absolute atomic E-state index is 13.0. The highest BCUT2D eigenvalue weighted by Crippen LogP contribution is 2.38. The van der Waals surface area contributed by atoms with E-state index in [4.69, 9.17) is 0 Å². The van der Waals surface area contributed by atoms with Crippen LogP contribution in [0.2, 0.25) is 0 Å². The van der Waals surface area contributed by atoms with Crippen LogP contribution in [0, 0.1) is 5.92 Å². The fourth-order valence-corrected chi connectivity index (χ4v) is 4.83. The number of rotatable bonds is 4. The topological polar surface area (TPSA) is 40.6 Å². The first kappa shape index (κ1) is 16.2. The van der Waals surface area contributed by atoms with E-state index in [1.807, 2.05) is 49.1 Å². The van der Waals surface area contributed by atoms with Gasteiger partial charge in [0.2, 0.25) is 11.8 Å². The summed E-state index contributed by atoms with van der Waals surface area (Å²) in [6.45, 7) is 0.627. The molecule has 3 heterocycles. The lowest BCUT2D eigenvalue weighted by atomic mass is 9.87. The lowest BCUT2D eigenvalue weighted by Gasteiger charge is -2.39. The summed E-state index contributed by atoms with van der Waals surface area (Å²) in [5.74, 6) is 0.0748. The van der Waals surface area contributed by atoms with E-state index in [1.54, 1.807) is 32.5 Å². The van der Waals surface area contributed by atoms with Crippen molar-refractivity contribution >= 4 is 34.5 Å². The van der Waals surface area contributed by atoms with E-state index in [1.165, 1.54) is 4.88 Å². The molecule has 0 bridgehead atoms. The zero-order valence-electron chi connectivity index (χ0n) is 13.3. The van der Waals surface area contributed by atoms with E-state index >= 15 is 0 Å². The molecule has 2 amide bonds. The molecule has 1 aliphatic rings. The van der Waals surface area contributed by atoms with Crippen LogP contribution in [0.15, 0.2) is 35.0 Å². The number of thiophene rings is 2. The van der Waals surface area contributed by atoms with Gasteiger partial charge in [0.15, 0.2) is 0 Å². The van der Waals surface area contributed by atoms with Crippen molar-refractivity contribution in [2.45, 2.75) is 25.4 Å². The highest BCUT2D eigenvalue weighted by Gasteiger charge is 2.40. The predicted molar refractivity (Wildman–Crippen MR) is 93.3 cm³/mol. The lowest BCUT2D eigenvalue weighted by Crippen LogP contribution is -2.46. The Morgan fingerprint density at radius 1 is 1.30 bits per heavy atom. The Hall–Kier alpha value is -1.66. The van der Waals surface area contributed by atoms with Crippen molar-refractivity contribution in [3.8, 4) is 0 Å². The molecular formula is C17H20N2O2S2. The van der Waals surface area contributed by atoms with Gasteiger partial charge in [-0.2, -0.15) is 0 Å². The molecule has 1 aliphatic heterocycles. The maximum atomic E-state index is 13.0. The molecule has 23 heavy (non-hydrogen) atoms. The van der Waals surface area contributed by atoms with Gasteiger partial charge in [-0.15, -0.1) is 22.7 Å². The van der Waals surface area contributed by atoms with Crippen LogP contribution in [-0.4, -0.2) is 35.7 Å². The Morgan fingerprint density at radius 2 is 2.04 bits per heavy atom. The normalized spacial score (nSPS) is 21.5. The molecular weight excluding hydrogens is 328 g/mol. The molecule has 2 aromatic heterocycles. The Kier molecular flexibility index (Phi) is 4.82. The molecule has 3 rings (SSSR count). The second kappa shape index (κ2) is 6.84. The second-order valence-corrected chi connectivity index (χ2v) is 7.90. The largest absolute Gasteiger partial charge is 0.340 e. The molecule has 0 saturated carbocycles. The minimum atomic E-state index is -0.165. The molecule has 0 radical (unpaired) electrons. The molecule has 1 fully saturated rings. The average molecular weight is 348 g/mol. The van der Waals surface area contributed by atoms with Crippen molar-refractivity contribution in [1.29, 1.82) is 0 Å². The molecule has 1 saturated heterocycles. The summed E-state index contributed by atoms with van der Waals surface area (Å²) in [7, 11) is 3.66. The summed E-state index contributed by atoms with van der Waals surface area (Å²) >= 11 is 3.27. The number of hydrogen-bond donors (Lipinski definition) is 0. The number of hydrogen-bond acceptors (Lipinski definition) is 4. The van der Waals surface area contributed by atoms with Crippen LogP contribution < -0.4 is 0 Å². The highest BCUT2D eigenvalue weighted by molar-refractivity contribution is 7.10. The summed E-state index contributed by atoms with van der Waals surface area (Å²) in [5, 5.41) is 4.02. The zero-order valence-corrected chi connectivity index (χ0v) is 14.9. The average Bonchev–Trinajstić information content (AvgIpc) is 3.22. The van der Waals surface area contributed by atoms with Gasteiger partial charge in [-0.25, -0.2) is 0 Å². The third-order valence-corrected chi connectivity index (χ3v) is 6.17. The fraction of sp³-hybridized carbons (Fsp3) is 0.412. The monoisotopic (exact) mass is 348 g/mol. The lowest BCUT2D eigenvalue weighted by molar-refractivity contribution is -0.146. The first-order valence-corrected chi connectivity index (χ1v) is 9.40. The number of amides is 2. The predicted octanol–water partition coefficient (Wildman–Crippen LogP) is 3.38. The summed E-state index contributed by atoms with van der Waals surface area (Å²) in [4.78, 5) is 30.9. The van der Waals surface area contributed by atoms with Crippen LogP contribution in [0.25, 0.3) is 0 Å². The van der Waals surface area contributed by atoms with Gasteiger partial charge >= 0.3 is 0 Å². The number of carbonyl (C=O) groups is 2. The quantitative estimate of drug-likeness (QED) is 0.850. The Balaban J connectivity index is 1.80. The maximum Gasteiger partial charge on any atom is 0.228 e. The van der Waals surface area contributed by atoms with Gasteiger partial charge in [-0.1, -0.05) is 12.1 Å². The summed E-state index contributed by atoms with van der Waals surface area (Å²) in [6.07, 6.45) is 1.07. The van der Waals surface area contributed by atoms with Crippen LogP contribution in [-0.2, 0) is 16.1 Å². The molecule has 0 unspecified atom stereocenters. The van der Waals surface area contributed by atoms with Crippen molar-refractivity contribution < 1.29 is 9.59 Å². The number of likely N-dealkylation sites (tertiary alicyclic amines) is 1. The van der Waals surface area contributed by atoms with Crippen LogP contribution in [0.5, 0.6) is 0 Å². The number of piperidine rings is 1. The molecule has 2 aromatic rings. The molecule has 122 valence electrons. The van der Waals surface area contributed by atoms with Gasteiger partial charge < -0.3 is 9.80 Å². The standard InChI is InChI=1S/C17H20N2O2S2/c1-18(11-12-5-3-9-22-12)17(21)13-7-8-15(20)19(2)16(13)14-6-4-10-23-14/h3-6,9-10,13,16H,7-8,11H2,1-2H3/t13-,16-/m0/s1. The first-order chi connectivity index (χ1) is 11.1. The Morgan fingerprint density at radius 3 is 2.70 bits per heavy atom. The van der Waals surface area contributed by atoms with Gasteiger partial charge in [-0.3, -0.25) is 9.59 Å². The van der Waals surface area contributed by atoms with Gasteiger partial charge in [-0.05, 0) is 29.3 Å². The molecule has 0 aromatic carbocycles. The molecule has 0 spiro atoms. The smallest absolute Gasteiger partial charge is 0.228 e. The van der Waals surface area contributed by atoms with Crippen molar-refractivity contribution in [3.05, 3.63) is 44.8 Å². The van der Waals surface area contributed by atoms with Crippen LogP contribution in [0.1, 0.15) is 28.6 Å². The van der Waals surface area contributed by atoms with E-state index in [0.717, 1.165) is 4.88 Å². The minimum Gasteiger partial charge on any atom is -0.340 e. The summed E-state index contributed by atoms with van der Waals surface area (Å²) < 4.78 is 0. The van der Waals surface area contributed by atoms with Gasteiger partial charge in [0.05, 0.1) is 18.5 Å². The van der Waals surface area contributed by atoms with Gasteiger partial charge in [0.25, 0.3) is 0 Å². The van der Waals surface area contributed by atoms with Crippen LogP contribution in [0.4, 0.5) is 0 Å². The second-order valence-electron chi connectivity index (χ2n) is 5.88. The van der Waals surface area contributed by atoms with E-state index in [0.29, 0.717) is 19.4 Å². The van der Waals surface area contributed by atoms with Crippen LogP contribution >= 0.6 is 22.7 Å². The molecule has 4 nitrogen and oxygen atoms in total. The molecule has 2 atom stereocenters. The summed E-state index contributed by atoms with van der Waals surface area (Å²) in [5.41, 5.74) is 0. The third kappa shape index (κ3) is 3.33.